The predicted octanol–water partition coefficient (Wildman–Crippen LogP) is 2.47. The Hall–Kier alpha value is -3.39. The molecule has 1 fully saturated rings. The highest BCUT2D eigenvalue weighted by atomic mass is 16.3. The first-order valence-electron chi connectivity index (χ1n) is 9.87. The number of nitrogen functional groups attached to an aromatic ring is 1. The second-order valence-corrected chi connectivity index (χ2v) is 7.67. The molecule has 3 heterocycles. The number of anilines is 2. The minimum atomic E-state index is -0.487. The SMILES string of the molecule is C/N=C/[C@@H]1C[C@H]1C(=O)Nc1cc2cc(-c3cnccc3CC(C)O)nc(N)c2cn1. The van der Waals surface area contributed by atoms with Gasteiger partial charge in [0.25, 0.3) is 0 Å². The molecular formula is C22H24N6O2. The van der Waals surface area contributed by atoms with Crippen LogP contribution in [0.4, 0.5) is 11.6 Å². The maximum Gasteiger partial charge on any atom is 0.229 e. The van der Waals surface area contributed by atoms with E-state index in [0.717, 1.165) is 22.9 Å². The molecule has 0 radical (unpaired) electrons. The third-order valence-corrected chi connectivity index (χ3v) is 5.22. The number of pyridine rings is 3. The van der Waals surface area contributed by atoms with E-state index in [1.54, 1.807) is 38.6 Å². The van der Waals surface area contributed by atoms with Crippen molar-refractivity contribution in [2.45, 2.75) is 25.9 Å². The van der Waals surface area contributed by atoms with Crippen LogP contribution in [0, 0.1) is 11.8 Å². The standard InChI is InChI=1S/C22H24N6O2/c1-12(29)5-13-3-4-25-10-17(13)19-7-14-8-20(26-11-18(14)21(23)27-19)28-22(30)16-6-15(16)9-24-2/h3-4,7-12,15-16,29H,5-6H2,1-2H3,(H2,23,27)(H,26,28,30)/b24-9+/t12?,15-,16+/m0/s1. The molecule has 1 saturated carbocycles. The molecule has 0 saturated heterocycles. The lowest BCUT2D eigenvalue weighted by molar-refractivity contribution is -0.117. The molecular weight excluding hydrogens is 380 g/mol. The summed E-state index contributed by atoms with van der Waals surface area (Å²) in [6, 6.07) is 5.56. The molecule has 8 heteroatoms. The van der Waals surface area contributed by atoms with Crippen molar-refractivity contribution in [2.75, 3.05) is 18.1 Å². The van der Waals surface area contributed by atoms with E-state index in [1.165, 1.54) is 0 Å². The normalized spacial score (nSPS) is 19.2. The highest BCUT2D eigenvalue weighted by Gasteiger charge is 2.41. The van der Waals surface area contributed by atoms with Gasteiger partial charge in [-0.1, -0.05) is 0 Å². The van der Waals surface area contributed by atoms with Gasteiger partial charge >= 0.3 is 0 Å². The smallest absolute Gasteiger partial charge is 0.229 e. The average molecular weight is 404 g/mol. The first kappa shape index (κ1) is 19.9. The Labute approximate surface area is 174 Å². The van der Waals surface area contributed by atoms with E-state index in [1.807, 2.05) is 18.3 Å². The van der Waals surface area contributed by atoms with Gasteiger partial charge in [-0.25, -0.2) is 9.97 Å². The van der Waals surface area contributed by atoms with Crippen molar-refractivity contribution in [2.24, 2.45) is 16.8 Å². The van der Waals surface area contributed by atoms with E-state index in [2.05, 4.69) is 25.3 Å². The Balaban J connectivity index is 1.65. The molecule has 3 aromatic rings. The quantitative estimate of drug-likeness (QED) is 0.542. The van der Waals surface area contributed by atoms with Crippen molar-refractivity contribution in [3.63, 3.8) is 0 Å². The number of nitrogens with two attached hydrogens (primary N) is 1. The van der Waals surface area contributed by atoms with Crippen LogP contribution in [0.3, 0.4) is 0 Å². The van der Waals surface area contributed by atoms with Gasteiger partial charge < -0.3 is 21.1 Å². The molecule has 1 unspecified atom stereocenters. The van der Waals surface area contributed by atoms with Crippen LogP contribution in [0.2, 0.25) is 0 Å². The maximum absolute atomic E-state index is 12.4. The van der Waals surface area contributed by atoms with Crippen LogP contribution in [-0.4, -0.2) is 45.3 Å². The summed E-state index contributed by atoms with van der Waals surface area (Å²) in [5, 5.41) is 14.2. The van der Waals surface area contributed by atoms with E-state index in [-0.39, 0.29) is 17.7 Å². The minimum Gasteiger partial charge on any atom is -0.393 e. The van der Waals surface area contributed by atoms with Crippen molar-refractivity contribution in [3.8, 4) is 11.3 Å². The first-order chi connectivity index (χ1) is 14.5. The summed E-state index contributed by atoms with van der Waals surface area (Å²) in [5.41, 5.74) is 8.60. The summed E-state index contributed by atoms with van der Waals surface area (Å²) in [6.45, 7) is 1.74. The lowest BCUT2D eigenvalue weighted by atomic mass is 10.0. The molecule has 4 N–H and O–H groups in total. The number of rotatable bonds is 6. The van der Waals surface area contributed by atoms with E-state index in [4.69, 9.17) is 5.73 Å². The summed E-state index contributed by atoms with van der Waals surface area (Å²) in [4.78, 5) is 29.4. The van der Waals surface area contributed by atoms with Crippen molar-refractivity contribution in [1.82, 2.24) is 15.0 Å². The lowest BCUT2D eigenvalue weighted by Gasteiger charge is -2.12. The average Bonchev–Trinajstić information content (AvgIpc) is 3.47. The number of fused-ring (bicyclic) bond motifs is 1. The second kappa shape index (κ2) is 8.16. The molecule has 4 rings (SSSR count). The number of carbonyl (C=O) groups is 1. The van der Waals surface area contributed by atoms with Crippen molar-refractivity contribution in [1.29, 1.82) is 0 Å². The van der Waals surface area contributed by atoms with Crippen molar-refractivity contribution < 1.29 is 9.90 Å². The zero-order chi connectivity index (χ0) is 21.3. The van der Waals surface area contributed by atoms with Gasteiger partial charge in [0, 0.05) is 54.6 Å². The monoisotopic (exact) mass is 404 g/mol. The van der Waals surface area contributed by atoms with Gasteiger partial charge in [-0.2, -0.15) is 0 Å². The Morgan fingerprint density at radius 3 is 3.03 bits per heavy atom. The maximum atomic E-state index is 12.4. The molecule has 0 bridgehead atoms. The molecule has 3 aromatic heterocycles. The third kappa shape index (κ3) is 4.13. The van der Waals surface area contributed by atoms with Crippen LogP contribution in [0.5, 0.6) is 0 Å². The number of hydrogen-bond donors (Lipinski definition) is 3. The molecule has 8 nitrogen and oxygen atoms in total. The summed E-state index contributed by atoms with van der Waals surface area (Å²) < 4.78 is 0. The zero-order valence-corrected chi connectivity index (χ0v) is 16.9. The number of aromatic nitrogens is 3. The number of carbonyl (C=O) groups excluding carboxylic acids is 1. The lowest BCUT2D eigenvalue weighted by Crippen LogP contribution is -2.16. The van der Waals surface area contributed by atoms with Crippen LogP contribution in [0.25, 0.3) is 22.0 Å². The Kier molecular flexibility index (Phi) is 5.41. The largest absolute Gasteiger partial charge is 0.393 e. The van der Waals surface area contributed by atoms with Crippen molar-refractivity contribution >= 4 is 34.5 Å². The summed E-state index contributed by atoms with van der Waals surface area (Å²) >= 11 is 0. The van der Waals surface area contributed by atoms with Gasteiger partial charge in [-0.05, 0) is 48.9 Å². The van der Waals surface area contributed by atoms with E-state index < -0.39 is 6.10 Å². The van der Waals surface area contributed by atoms with Gasteiger partial charge in [0.05, 0.1) is 11.8 Å². The molecule has 1 amide bonds. The number of aliphatic hydroxyl groups is 1. The highest BCUT2D eigenvalue weighted by molar-refractivity contribution is 5.99. The predicted molar refractivity (Wildman–Crippen MR) is 117 cm³/mol. The number of aliphatic hydroxyl groups excluding tert-OH is 1. The number of aliphatic imine (C=N–C) groups is 1. The van der Waals surface area contributed by atoms with Crippen LogP contribution in [-0.2, 0) is 11.2 Å². The highest BCUT2D eigenvalue weighted by Crippen LogP contribution is 2.38. The van der Waals surface area contributed by atoms with E-state index >= 15 is 0 Å². The zero-order valence-electron chi connectivity index (χ0n) is 16.9. The fraction of sp³-hybridized carbons (Fsp3) is 0.318. The number of amides is 1. The number of hydrogen-bond acceptors (Lipinski definition) is 7. The Bertz CT molecular complexity index is 1130. The summed E-state index contributed by atoms with van der Waals surface area (Å²) in [7, 11) is 1.71. The molecule has 154 valence electrons. The van der Waals surface area contributed by atoms with Gasteiger partial charge in [0.2, 0.25) is 5.91 Å². The molecule has 1 aliphatic carbocycles. The Morgan fingerprint density at radius 1 is 1.43 bits per heavy atom. The molecule has 0 aliphatic heterocycles. The molecule has 1 aliphatic rings. The van der Waals surface area contributed by atoms with E-state index in [0.29, 0.717) is 29.1 Å². The summed E-state index contributed by atoms with van der Waals surface area (Å²) in [5.74, 6) is 0.919. The van der Waals surface area contributed by atoms with Crippen LogP contribution >= 0.6 is 0 Å². The number of nitrogens with zero attached hydrogens (tertiary/aromatic N) is 4. The third-order valence-electron chi connectivity index (χ3n) is 5.22. The molecule has 3 atom stereocenters. The topological polar surface area (TPSA) is 126 Å². The van der Waals surface area contributed by atoms with Crippen LogP contribution < -0.4 is 11.1 Å². The van der Waals surface area contributed by atoms with Gasteiger partial charge in [0.15, 0.2) is 0 Å². The fourth-order valence-corrected chi connectivity index (χ4v) is 3.62. The van der Waals surface area contributed by atoms with Gasteiger partial charge in [0.1, 0.15) is 11.6 Å². The fourth-order valence-electron chi connectivity index (χ4n) is 3.62. The molecule has 0 spiro atoms. The number of nitrogens with one attached hydrogen (secondary N) is 1. The van der Waals surface area contributed by atoms with Crippen LogP contribution in [0.15, 0.2) is 41.8 Å². The van der Waals surface area contributed by atoms with Crippen LogP contribution in [0.1, 0.15) is 18.9 Å². The molecule has 0 aromatic carbocycles. The van der Waals surface area contributed by atoms with E-state index in [9.17, 15) is 9.90 Å². The molecule has 30 heavy (non-hydrogen) atoms. The summed E-state index contributed by atoms with van der Waals surface area (Å²) in [6.07, 6.45) is 7.65. The second-order valence-electron chi connectivity index (χ2n) is 7.67. The Morgan fingerprint density at radius 2 is 2.27 bits per heavy atom. The van der Waals surface area contributed by atoms with Gasteiger partial charge in [-0.15, -0.1) is 0 Å². The van der Waals surface area contributed by atoms with Crippen molar-refractivity contribution in [3.05, 3.63) is 42.4 Å². The van der Waals surface area contributed by atoms with Gasteiger partial charge in [-0.3, -0.25) is 9.78 Å². The minimum absolute atomic E-state index is 0.0531. The first-order valence-corrected chi connectivity index (χ1v) is 9.87.